The summed E-state index contributed by atoms with van der Waals surface area (Å²) in [5, 5.41) is 7.31. The highest BCUT2D eigenvalue weighted by molar-refractivity contribution is 5.12. The number of aliphatic hydroxyl groups is 1. The van der Waals surface area contributed by atoms with Crippen molar-refractivity contribution in [1.29, 1.82) is 0 Å². The highest BCUT2D eigenvalue weighted by Gasteiger charge is 2.93. The third kappa shape index (κ3) is 2.26. The Morgan fingerprint density at radius 1 is 0.450 bits per heavy atom. The van der Waals surface area contributed by atoms with Gasteiger partial charge in [0.15, 0.2) is 0 Å². The zero-order valence-electron chi connectivity index (χ0n) is 8.36. The van der Waals surface area contributed by atoms with E-state index >= 15 is 0 Å². The summed E-state index contributed by atoms with van der Waals surface area (Å²) in [6.45, 7) is 0. The van der Waals surface area contributed by atoms with Crippen molar-refractivity contribution in [2.45, 2.75) is 36.0 Å². The maximum atomic E-state index is 12.7. The van der Waals surface area contributed by atoms with Crippen molar-refractivity contribution in [3.63, 3.8) is 0 Å². The fourth-order valence-electron chi connectivity index (χ4n) is 0.922. The molecule has 20 heavy (non-hydrogen) atoms. The SMILES string of the molecule is OC(F)(F)C(F)(F)C(F)(F)C(F)(C(F)(F)F)C(F)(F)F. The van der Waals surface area contributed by atoms with Gasteiger partial charge < -0.3 is 5.11 Å². The molecule has 0 aromatic rings. The van der Waals surface area contributed by atoms with E-state index in [1.807, 2.05) is 0 Å². The number of alkyl halides is 13. The van der Waals surface area contributed by atoms with Crippen LogP contribution in [0.4, 0.5) is 57.1 Å². The number of rotatable bonds is 3. The quantitative estimate of drug-likeness (QED) is 0.780. The van der Waals surface area contributed by atoms with Gasteiger partial charge in [0, 0.05) is 0 Å². The van der Waals surface area contributed by atoms with Crippen LogP contribution in [0.2, 0.25) is 0 Å². The minimum atomic E-state index is -8.05. The summed E-state index contributed by atoms with van der Waals surface area (Å²) in [6, 6.07) is 0. The normalized spacial score (nSPS) is 16.5. The molecule has 0 atom stereocenters. The minimum absolute atomic E-state index is 7.05. The molecule has 0 rings (SSSR count). The highest BCUT2D eigenvalue weighted by Crippen LogP contribution is 2.61. The molecule has 0 aliphatic rings. The Bertz CT molecular complexity index is 343. The molecule has 0 bridgehead atoms. The second-order valence-corrected chi connectivity index (χ2v) is 3.34. The molecular formula is C6HF13O. The Labute approximate surface area is 99.5 Å². The first-order valence-electron chi connectivity index (χ1n) is 3.93. The first kappa shape index (κ1) is 19.1. The van der Waals surface area contributed by atoms with Crippen molar-refractivity contribution in [3.05, 3.63) is 0 Å². The Kier molecular flexibility index (Phi) is 4.07. The molecule has 1 N–H and O–H groups in total. The van der Waals surface area contributed by atoms with Crippen molar-refractivity contribution in [2.24, 2.45) is 0 Å². The van der Waals surface area contributed by atoms with Crippen LogP contribution in [-0.2, 0) is 0 Å². The second-order valence-electron chi connectivity index (χ2n) is 3.34. The topological polar surface area (TPSA) is 20.2 Å². The molecule has 0 aromatic heterocycles. The lowest BCUT2D eigenvalue weighted by molar-refractivity contribution is -0.465. The Balaban J connectivity index is 6.38. The Hall–Kier alpha value is -0.950. The molecule has 0 aliphatic heterocycles. The van der Waals surface area contributed by atoms with Crippen LogP contribution in [0.15, 0.2) is 0 Å². The maximum Gasteiger partial charge on any atom is 0.438 e. The van der Waals surface area contributed by atoms with Crippen LogP contribution in [0.25, 0.3) is 0 Å². The molecule has 0 amide bonds. The molecule has 122 valence electrons. The molecule has 0 heterocycles. The summed E-state index contributed by atoms with van der Waals surface area (Å²) in [5.41, 5.74) is -8.01. The summed E-state index contributed by atoms with van der Waals surface area (Å²) in [6.07, 6.45) is -22.5. The van der Waals surface area contributed by atoms with Crippen molar-refractivity contribution in [3.8, 4) is 0 Å². The second kappa shape index (κ2) is 4.27. The highest BCUT2D eigenvalue weighted by atomic mass is 19.4. The monoisotopic (exact) mass is 336 g/mol. The van der Waals surface area contributed by atoms with Crippen LogP contribution >= 0.6 is 0 Å². The van der Waals surface area contributed by atoms with Crippen molar-refractivity contribution >= 4 is 0 Å². The van der Waals surface area contributed by atoms with E-state index in [2.05, 4.69) is 0 Å². The van der Waals surface area contributed by atoms with Crippen LogP contribution in [0.5, 0.6) is 0 Å². The molecule has 0 aromatic carbocycles. The van der Waals surface area contributed by atoms with Gasteiger partial charge in [-0.2, -0.15) is 52.7 Å². The van der Waals surface area contributed by atoms with Crippen LogP contribution < -0.4 is 0 Å². The Morgan fingerprint density at radius 3 is 0.850 bits per heavy atom. The van der Waals surface area contributed by atoms with Gasteiger partial charge in [-0.1, -0.05) is 0 Å². The van der Waals surface area contributed by atoms with Gasteiger partial charge in [0.05, 0.1) is 0 Å². The van der Waals surface area contributed by atoms with Gasteiger partial charge >= 0.3 is 36.0 Å². The van der Waals surface area contributed by atoms with E-state index in [1.54, 1.807) is 0 Å². The number of halogens is 13. The molecule has 0 aliphatic carbocycles. The number of hydrogen-bond acceptors (Lipinski definition) is 1. The lowest BCUT2D eigenvalue weighted by Gasteiger charge is -2.40. The average Bonchev–Trinajstić information content (AvgIpc) is 2.10. The van der Waals surface area contributed by atoms with E-state index in [-0.39, 0.29) is 0 Å². The molecule has 0 radical (unpaired) electrons. The molecule has 0 saturated carbocycles. The molecule has 14 heteroatoms. The standard InChI is InChI=1S/C6HF13O/c7-1(4(12,13)14,5(15,16)17)2(8,9)3(10,11)6(18,19)20/h20H. The van der Waals surface area contributed by atoms with E-state index in [0.717, 1.165) is 0 Å². The minimum Gasteiger partial charge on any atom is -0.331 e. The van der Waals surface area contributed by atoms with Gasteiger partial charge in [-0.3, -0.25) is 0 Å². The molecule has 0 fully saturated rings. The Morgan fingerprint density at radius 2 is 0.700 bits per heavy atom. The first-order valence-corrected chi connectivity index (χ1v) is 3.93. The van der Waals surface area contributed by atoms with Gasteiger partial charge in [-0.15, -0.1) is 0 Å². The zero-order chi connectivity index (χ0) is 17.0. The zero-order valence-corrected chi connectivity index (χ0v) is 8.36. The largest absolute Gasteiger partial charge is 0.438 e. The van der Waals surface area contributed by atoms with Crippen LogP contribution in [0.1, 0.15) is 0 Å². The summed E-state index contributed by atoms with van der Waals surface area (Å²) in [7, 11) is 0. The van der Waals surface area contributed by atoms with E-state index < -0.39 is 36.0 Å². The molecule has 0 spiro atoms. The predicted octanol–water partition coefficient (Wildman–Crippen LogP) is 3.67. The molecule has 1 nitrogen and oxygen atoms in total. The van der Waals surface area contributed by atoms with Gasteiger partial charge in [0.2, 0.25) is 0 Å². The molecule has 0 saturated heterocycles. The van der Waals surface area contributed by atoms with Crippen molar-refractivity contribution < 1.29 is 62.2 Å². The van der Waals surface area contributed by atoms with E-state index in [4.69, 9.17) is 5.11 Å². The third-order valence-corrected chi connectivity index (χ3v) is 1.99. The van der Waals surface area contributed by atoms with Crippen molar-refractivity contribution in [2.75, 3.05) is 0 Å². The fraction of sp³-hybridized carbons (Fsp3) is 1.00. The van der Waals surface area contributed by atoms with Crippen LogP contribution in [0, 0.1) is 0 Å². The lowest BCUT2D eigenvalue weighted by Crippen LogP contribution is -2.73. The first-order chi connectivity index (χ1) is 8.25. The third-order valence-electron chi connectivity index (χ3n) is 1.99. The summed E-state index contributed by atoms with van der Waals surface area (Å²) < 4.78 is 156. The lowest BCUT2D eigenvalue weighted by atomic mass is 9.90. The molecule has 0 unspecified atom stereocenters. The van der Waals surface area contributed by atoms with Gasteiger partial charge in [-0.25, -0.2) is 4.39 Å². The van der Waals surface area contributed by atoms with Gasteiger partial charge in [0.1, 0.15) is 0 Å². The van der Waals surface area contributed by atoms with E-state index in [1.165, 1.54) is 0 Å². The fourth-order valence-corrected chi connectivity index (χ4v) is 0.922. The van der Waals surface area contributed by atoms with E-state index in [0.29, 0.717) is 0 Å². The predicted molar refractivity (Wildman–Crippen MR) is 33.0 cm³/mol. The van der Waals surface area contributed by atoms with Gasteiger partial charge in [0.25, 0.3) is 0 Å². The smallest absolute Gasteiger partial charge is 0.331 e. The van der Waals surface area contributed by atoms with Crippen molar-refractivity contribution in [1.82, 2.24) is 0 Å². The van der Waals surface area contributed by atoms with Crippen LogP contribution in [0.3, 0.4) is 0 Å². The summed E-state index contributed by atoms with van der Waals surface area (Å²) in [4.78, 5) is 0. The summed E-state index contributed by atoms with van der Waals surface area (Å²) in [5.74, 6) is -15.7. The van der Waals surface area contributed by atoms with Gasteiger partial charge in [-0.05, 0) is 0 Å². The van der Waals surface area contributed by atoms with Crippen LogP contribution in [-0.4, -0.2) is 41.1 Å². The number of hydrogen-bond donors (Lipinski definition) is 1. The average molecular weight is 336 g/mol. The van der Waals surface area contributed by atoms with E-state index in [9.17, 15) is 57.1 Å². The summed E-state index contributed by atoms with van der Waals surface area (Å²) >= 11 is 0. The molecular weight excluding hydrogens is 335 g/mol. The maximum absolute atomic E-state index is 12.7.